The Balaban J connectivity index is 1.79. The van der Waals surface area contributed by atoms with Crippen LogP contribution >= 0.6 is 27.3 Å². The first-order valence-corrected chi connectivity index (χ1v) is 14.0. The minimum absolute atomic E-state index is 0.242. The van der Waals surface area contributed by atoms with Crippen molar-refractivity contribution in [1.82, 2.24) is 24.7 Å². The number of thiazole rings is 1. The van der Waals surface area contributed by atoms with Crippen molar-refractivity contribution in [3.05, 3.63) is 63.6 Å². The smallest absolute Gasteiger partial charge is 0.197 e. The lowest BCUT2D eigenvalue weighted by Gasteiger charge is -2.18. The molecule has 0 amide bonds. The monoisotopic (exact) mass is 577 g/mol. The molecule has 184 valence electrons. The number of pyridine rings is 1. The van der Waals surface area contributed by atoms with Crippen LogP contribution in [0.1, 0.15) is 24.1 Å². The van der Waals surface area contributed by atoms with Crippen molar-refractivity contribution in [3.63, 3.8) is 0 Å². The number of sulfone groups is 1. The number of para-hydroxylation sites is 1. The predicted octanol–water partition coefficient (Wildman–Crippen LogP) is 4.42. The highest BCUT2D eigenvalue weighted by atomic mass is 79.9. The van der Waals surface area contributed by atoms with Gasteiger partial charge in [0.2, 0.25) is 0 Å². The number of hydrogen-bond donors (Lipinski definition) is 0. The van der Waals surface area contributed by atoms with E-state index in [9.17, 15) is 8.42 Å². The Hall–Kier alpha value is -2.83. The van der Waals surface area contributed by atoms with Gasteiger partial charge in [-0.15, -0.1) is 21.5 Å². The minimum atomic E-state index is -3.63. The van der Waals surface area contributed by atoms with E-state index in [0.29, 0.717) is 33.7 Å². The summed E-state index contributed by atoms with van der Waals surface area (Å²) in [5.74, 6) is 1.31. The van der Waals surface area contributed by atoms with Crippen LogP contribution in [0.5, 0.6) is 11.5 Å². The average Bonchev–Trinajstić information content (AvgIpc) is 3.45. The summed E-state index contributed by atoms with van der Waals surface area (Å²) in [5.41, 5.74) is 2.03. The zero-order valence-electron chi connectivity index (χ0n) is 19.6. The summed E-state index contributed by atoms with van der Waals surface area (Å²) in [6, 6.07) is 8.99. The number of halogens is 1. The molecule has 0 N–H and O–H groups in total. The number of ether oxygens (including phenoxy) is 2. The number of aryl methyl sites for hydroxylation is 1. The minimum Gasteiger partial charge on any atom is -0.494 e. The van der Waals surface area contributed by atoms with E-state index in [1.807, 2.05) is 18.4 Å². The van der Waals surface area contributed by atoms with Gasteiger partial charge in [-0.25, -0.2) is 13.4 Å². The van der Waals surface area contributed by atoms with E-state index in [1.54, 1.807) is 56.2 Å². The van der Waals surface area contributed by atoms with Gasteiger partial charge in [0.05, 0.1) is 19.5 Å². The van der Waals surface area contributed by atoms with E-state index in [4.69, 9.17) is 9.47 Å². The number of aromatic nitrogens is 5. The van der Waals surface area contributed by atoms with E-state index < -0.39 is 15.1 Å². The van der Waals surface area contributed by atoms with E-state index in [2.05, 4.69) is 36.1 Å². The summed E-state index contributed by atoms with van der Waals surface area (Å²) in [6.45, 7) is 3.56. The Labute approximate surface area is 216 Å². The molecule has 1 atom stereocenters. The Morgan fingerprint density at radius 1 is 1.11 bits per heavy atom. The van der Waals surface area contributed by atoms with E-state index >= 15 is 0 Å². The SMILES string of the molecule is COc1cccc(OC)c1-n1c(CS(=O)(=O)[C@H](C)Cc2ccc(Br)cn2)nnc1-c1nc(C)cs1. The normalized spacial score (nSPS) is 12.5. The highest BCUT2D eigenvalue weighted by Crippen LogP contribution is 2.37. The molecule has 12 heteroatoms. The molecular formula is C23H24BrN5O4S2. The first kappa shape index (κ1) is 25.3. The topological polar surface area (TPSA) is 109 Å². The van der Waals surface area contributed by atoms with Crippen LogP contribution in [0.2, 0.25) is 0 Å². The average molecular weight is 579 g/mol. The van der Waals surface area contributed by atoms with Gasteiger partial charge in [-0.2, -0.15) is 0 Å². The van der Waals surface area contributed by atoms with Crippen LogP contribution in [-0.2, 0) is 22.0 Å². The Morgan fingerprint density at radius 2 is 1.83 bits per heavy atom. The zero-order valence-corrected chi connectivity index (χ0v) is 22.8. The second-order valence-corrected chi connectivity index (χ2v) is 12.1. The standard InChI is InChI=1S/C23H24BrN5O4S2/c1-14-12-34-23(26-14)22-28-27-20(29(22)21-18(32-3)6-5-7-19(21)33-4)13-35(30,31)15(2)10-17-9-8-16(24)11-25-17/h5-9,11-12,15H,10,13H2,1-4H3/t15-/m1/s1. The van der Waals surface area contributed by atoms with Gasteiger partial charge >= 0.3 is 0 Å². The van der Waals surface area contributed by atoms with E-state index in [1.165, 1.54) is 11.3 Å². The van der Waals surface area contributed by atoms with Gasteiger partial charge in [0.15, 0.2) is 26.5 Å². The zero-order chi connectivity index (χ0) is 25.2. The molecule has 0 aliphatic heterocycles. The van der Waals surface area contributed by atoms with Crippen LogP contribution < -0.4 is 9.47 Å². The highest BCUT2D eigenvalue weighted by molar-refractivity contribution is 9.10. The van der Waals surface area contributed by atoms with Crippen molar-refractivity contribution in [2.45, 2.75) is 31.3 Å². The predicted molar refractivity (Wildman–Crippen MR) is 138 cm³/mol. The maximum atomic E-state index is 13.4. The van der Waals surface area contributed by atoms with Crippen LogP contribution in [0.15, 0.2) is 46.4 Å². The van der Waals surface area contributed by atoms with Crippen molar-refractivity contribution in [2.24, 2.45) is 0 Å². The fourth-order valence-corrected chi connectivity index (χ4v) is 5.82. The molecule has 35 heavy (non-hydrogen) atoms. The number of rotatable bonds is 9. The van der Waals surface area contributed by atoms with Crippen LogP contribution in [-0.4, -0.2) is 52.6 Å². The van der Waals surface area contributed by atoms with Gasteiger partial charge in [0, 0.05) is 33.9 Å². The van der Waals surface area contributed by atoms with Crippen molar-refractivity contribution >= 4 is 37.1 Å². The molecule has 4 rings (SSSR count). The maximum absolute atomic E-state index is 13.4. The van der Waals surface area contributed by atoms with Crippen LogP contribution in [0.3, 0.4) is 0 Å². The molecule has 0 radical (unpaired) electrons. The lowest BCUT2D eigenvalue weighted by atomic mass is 10.2. The number of nitrogens with zero attached hydrogens (tertiary/aromatic N) is 5. The van der Waals surface area contributed by atoms with Crippen molar-refractivity contribution in [3.8, 4) is 28.0 Å². The summed E-state index contributed by atoms with van der Waals surface area (Å²) in [4.78, 5) is 8.85. The molecule has 9 nitrogen and oxygen atoms in total. The Bertz CT molecular complexity index is 1410. The van der Waals surface area contributed by atoms with Gasteiger partial charge in [-0.1, -0.05) is 6.07 Å². The van der Waals surface area contributed by atoms with Gasteiger partial charge in [-0.3, -0.25) is 9.55 Å². The summed E-state index contributed by atoms with van der Waals surface area (Å²) < 4.78 is 40.5. The highest BCUT2D eigenvalue weighted by Gasteiger charge is 2.29. The Kier molecular flexibility index (Phi) is 7.53. The van der Waals surface area contributed by atoms with Gasteiger partial charge in [0.25, 0.3) is 0 Å². The Morgan fingerprint density at radius 3 is 2.40 bits per heavy atom. The molecule has 0 unspecified atom stereocenters. The van der Waals surface area contributed by atoms with Crippen LogP contribution in [0.4, 0.5) is 0 Å². The fourth-order valence-electron chi connectivity index (χ4n) is 3.56. The number of hydrogen-bond acceptors (Lipinski definition) is 9. The summed E-state index contributed by atoms with van der Waals surface area (Å²) >= 11 is 4.75. The molecule has 0 spiro atoms. The van der Waals surface area contributed by atoms with Crippen molar-refractivity contribution in [2.75, 3.05) is 14.2 Å². The lowest BCUT2D eigenvalue weighted by Crippen LogP contribution is -2.24. The molecule has 3 heterocycles. The second-order valence-electron chi connectivity index (χ2n) is 7.87. The third-order valence-corrected chi connectivity index (χ3v) is 8.87. The molecular weight excluding hydrogens is 554 g/mol. The van der Waals surface area contributed by atoms with Gasteiger partial charge < -0.3 is 9.47 Å². The first-order valence-electron chi connectivity index (χ1n) is 10.6. The second kappa shape index (κ2) is 10.4. The lowest BCUT2D eigenvalue weighted by molar-refractivity contribution is 0.391. The quantitative estimate of drug-likeness (QED) is 0.287. The number of methoxy groups -OCH3 is 2. The molecule has 0 bridgehead atoms. The summed E-state index contributed by atoms with van der Waals surface area (Å²) in [7, 11) is -0.546. The van der Waals surface area contributed by atoms with E-state index in [0.717, 1.165) is 10.2 Å². The fraction of sp³-hybridized carbons (Fsp3) is 0.304. The maximum Gasteiger partial charge on any atom is 0.197 e. The molecule has 0 saturated heterocycles. The third-order valence-electron chi connectivity index (χ3n) is 5.39. The van der Waals surface area contributed by atoms with Crippen LogP contribution in [0.25, 0.3) is 16.5 Å². The van der Waals surface area contributed by atoms with Crippen molar-refractivity contribution < 1.29 is 17.9 Å². The third kappa shape index (κ3) is 5.39. The van der Waals surface area contributed by atoms with Gasteiger partial charge in [-0.05, 0) is 54.0 Å². The molecule has 0 aliphatic rings. The molecule has 4 aromatic rings. The number of benzene rings is 1. The molecule has 1 aromatic carbocycles. The van der Waals surface area contributed by atoms with E-state index in [-0.39, 0.29) is 18.0 Å². The van der Waals surface area contributed by atoms with Crippen molar-refractivity contribution in [1.29, 1.82) is 0 Å². The van der Waals surface area contributed by atoms with Gasteiger partial charge in [0.1, 0.15) is 22.9 Å². The first-order chi connectivity index (χ1) is 16.7. The molecule has 0 saturated carbocycles. The molecule has 3 aromatic heterocycles. The molecule has 0 fully saturated rings. The molecule has 0 aliphatic carbocycles. The summed E-state index contributed by atoms with van der Waals surface area (Å²) in [5, 5.41) is 10.4. The largest absolute Gasteiger partial charge is 0.494 e. The van der Waals surface area contributed by atoms with Crippen LogP contribution in [0, 0.1) is 6.92 Å². The summed E-state index contributed by atoms with van der Waals surface area (Å²) in [6.07, 6.45) is 1.93.